The molecule has 1 aliphatic heterocycles. The summed E-state index contributed by atoms with van der Waals surface area (Å²) in [6.45, 7) is 12.8. The van der Waals surface area contributed by atoms with Crippen molar-refractivity contribution in [1.29, 1.82) is 0 Å². The van der Waals surface area contributed by atoms with Crippen LogP contribution in [0.5, 0.6) is 0 Å². The maximum atomic E-state index is 6.02. The summed E-state index contributed by atoms with van der Waals surface area (Å²) in [4.78, 5) is 0. The van der Waals surface area contributed by atoms with E-state index in [1.54, 1.807) is 6.42 Å². The number of fused-ring (bicyclic) bond motifs is 6. The van der Waals surface area contributed by atoms with Gasteiger partial charge in [0.25, 0.3) is 0 Å². The van der Waals surface area contributed by atoms with Gasteiger partial charge in [-0.25, -0.2) is 0 Å². The summed E-state index contributed by atoms with van der Waals surface area (Å²) < 4.78 is 6.02. The largest absolute Gasteiger partial charge is 0.370 e. The molecule has 1 heteroatoms. The number of hydrogen-bond donors (Lipinski definition) is 0. The predicted octanol–water partition coefficient (Wildman–Crippen LogP) is 7.49. The first kappa shape index (κ1) is 19.9. The van der Waals surface area contributed by atoms with Gasteiger partial charge >= 0.3 is 0 Å². The van der Waals surface area contributed by atoms with Crippen LogP contribution in [-0.4, -0.2) is 12.2 Å². The van der Waals surface area contributed by atoms with Crippen LogP contribution in [0.3, 0.4) is 0 Å². The van der Waals surface area contributed by atoms with E-state index in [0.717, 1.165) is 41.4 Å². The number of epoxide rings is 1. The van der Waals surface area contributed by atoms with Crippen LogP contribution in [0.4, 0.5) is 0 Å². The molecule has 1 heterocycles. The van der Waals surface area contributed by atoms with Crippen molar-refractivity contribution in [2.75, 3.05) is 0 Å². The third-order valence-electron chi connectivity index (χ3n) is 11.1. The van der Waals surface area contributed by atoms with Crippen LogP contribution >= 0.6 is 0 Å². The normalized spacial score (nSPS) is 53.1. The van der Waals surface area contributed by atoms with E-state index in [9.17, 15) is 0 Å². The maximum absolute atomic E-state index is 6.02. The van der Waals surface area contributed by atoms with Gasteiger partial charge in [0, 0.05) is 0 Å². The Bertz CT molecular complexity index is 583. The molecule has 0 aromatic carbocycles. The smallest absolute Gasteiger partial charge is 0.0847 e. The Morgan fingerprint density at radius 2 is 1.64 bits per heavy atom. The van der Waals surface area contributed by atoms with E-state index in [-0.39, 0.29) is 0 Å². The Hall–Kier alpha value is -0.0400. The Morgan fingerprint density at radius 3 is 2.43 bits per heavy atom. The Kier molecular flexibility index (Phi) is 4.97. The molecule has 28 heavy (non-hydrogen) atoms. The lowest BCUT2D eigenvalue weighted by Gasteiger charge is -2.60. The van der Waals surface area contributed by atoms with Crippen molar-refractivity contribution in [2.24, 2.45) is 52.3 Å². The SMILES string of the molecule is CC(C)CCC[C@H](C)[C@H]1CC[C@H]2[C@H]3CC[C@H]4C[C@@H]5O[C@@H]5C[C@]4(C)[C@@H]3CC[C@]12C. The third kappa shape index (κ3) is 3.04. The second kappa shape index (κ2) is 7.00. The fourth-order valence-electron chi connectivity index (χ4n) is 9.54. The molecule has 0 aromatic heterocycles. The first-order chi connectivity index (χ1) is 13.3. The van der Waals surface area contributed by atoms with E-state index in [2.05, 4.69) is 34.6 Å². The minimum atomic E-state index is 0.600. The predicted molar refractivity (Wildman–Crippen MR) is 117 cm³/mol. The summed E-state index contributed by atoms with van der Waals surface area (Å²) in [6.07, 6.45) is 17.6. The standard InChI is InChI=1S/C27H46O/c1-17(2)7-6-8-18(3)21-11-12-22-20-10-9-19-15-24-25(28-24)16-27(19,5)23(20)13-14-26(21,22)4/h17-25H,6-16H2,1-5H3/t18-,19-,20+,21+,22-,23+,24-,25+,26+,27-/m0/s1. The zero-order valence-corrected chi connectivity index (χ0v) is 19.4. The second-order valence-corrected chi connectivity index (χ2v) is 12.8. The summed E-state index contributed by atoms with van der Waals surface area (Å²) >= 11 is 0. The van der Waals surface area contributed by atoms with Crippen molar-refractivity contribution in [3.8, 4) is 0 Å². The summed E-state index contributed by atoms with van der Waals surface area (Å²) in [5.74, 6) is 6.84. The zero-order chi connectivity index (χ0) is 19.7. The molecule has 1 saturated heterocycles. The monoisotopic (exact) mass is 386 g/mol. The average molecular weight is 387 g/mol. The summed E-state index contributed by atoms with van der Waals surface area (Å²) in [5.41, 5.74) is 1.25. The minimum absolute atomic E-state index is 0.600. The van der Waals surface area contributed by atoms with Crippen LogP contribution in [0.15, 0.2) is 0 Å². The average Bonchev–Trinajstić information content (AvgIpc) is 3.27. The molecule has 5 aliphatic rings. The molecule has 10 atom stereocenters. The highest BCUT2D eigenvalue weighted by Crippen LogP contribution is 2.69. The van der Waals surface area contributed by atoms with Crippen molar-refractivity contribution < 1.29 is 4.74 Å². The second-order valence-electron chi connectivity index (χ2n) is 12.8. The van der Waals surface area contributed by atoms with Crippen LogP contribution in [0.25, 0.3) is 0 Å². The molecule has 1 nitrogen and oxygen atoms in total. The molecule has 160 valence electrons. The van der Waals surface area contributed by atoms with Crippen molar-refractivity contribution in [2.45, 2.75) is 117 Å². The molecule has 5 fully saturated rings. The number of hydrogen-bond acceptors (Lipinski definition) is 1. The third-order valence-corrected chi connectivity index (χ3v) is 11.1. The fraction of sp³-hybridized carbons (Fsp3) is 1.00. The van der Waals surface area contributed by atoms with Gasteiger partial charge < -0.3 is 4.74 Å². The topological polar surface area (TPSA) is 12.5 Å². The van der Waals surface area contributed by atoms with E-state index >= 15 is 0 Å². The fourth-order valence-corrected chi connectivity index (χ4v) is 9.54. The minimum Gasteiger partial charge on any atom is -0.370 e. The van der Waals surface area contributed by atoms with Gasteiger partial charge in [0.1, 0.15) is 0 Å². The summed E-state index contributed by atoms with van der Waals surface area (Å²) in [5, 5.41) is 0. The highest BCUT2D eigenvalue weighted by Gasteiger charge is 2.63. The molecule has 0 radical (unpaired) electrons. The van der Waals surface area contributed by atoms with Crippen molar-refractivity contribution in [3.63, 3.8) is 0 Å². The van der Waals surface area contributed by atoms with E-state index in [1.165, 1.54) is 64.2 Å². The molecule has 4 saturated carbocycles. The summed E-state index contributed by atoms with van der Waals surface area (Å²) in [7, 11) is 0. The van der Waals surface area contributed by atoms with E-state index in [0.29, 0.717) is 23.0 Å². The van der Waals surface area contributed by atoms with Gasteiger partial charge in [-0.15, -0.1) is 0 Å². The van der Waals surface area contributed by atoms with Gasteiger partial charge in [0.2, 0.25) is 0 Å². The quantitative estimate of drug-likeness (QED) is 0.446. The van der Waals surface area contributed by atoms with Crippen LogP contribution in [0.1, 0.15) is 105 Å². The van der Waals surface area contributed by atoms with Gasteiger partial charge in [-0.2, -0.15) is 0 Å². The molecule has 5 rings (SSSR count). The van der Waals surface area contributed by atoms with E-state index < -0.39 is 0 Å². The van der Waals surface area contributed by atoms with Crippen LogP contribution < -0.4 is 0 Å². The van der Waals surface area contributed by atoms with E-state index in [4.69, 9.17) is 4.74 Å². The Labute approximate surface area is 174 Å². The molecule has 0 N–H and O–H groups in total. The first-order valence-electron chi connectivity index (χ1n) is 13.0. The first-order valence-corrected chi connectivity index (χ1v) is 13.0. The van der Waals surface area contributed by atoms with Gasteiger partial charge in [0.05, 0.1) is 12.2 Å². The van der Waals surface area contributed by atoms with Crippen molar-refractivity contribution in [3.05, 3.63) is 0 Å². The molecule has 0 amide bonds. The molecule has 0 unspecified atom stereocenters. The van der Waals surface area contributed by atoms with Crippen molar-refractivity contribution in [1.82, 2.24) is 0 Å². The lowest BCUT2D eigenvalue weighted by Crippen LogP contribution is -2.54. The highest BCUT2D eigenvalue weighted by atomic mass is 16.6. The van der Waals surface area contributed by atoms with Crippen LogP contribution in [-0.2, 0) is 4.74 Å². The molecule has 4 aliphatic carbocycles. The van der Waals surface area contributed by atoms with Gasteiger partial charge in [-0.05, 0) is 104 Å². The van der Waals surface area contributed by atoms with E-state index in [1.807, 2.05) is 0 Å². The number of ether oxygens (including phenoxy) is 1. The molecule has 0 aromatic rings. The summed E-state index contributed by atoms with van der Waals surface area (Å²) in [6, 6.07) is 0. The maximum Gasteiger partial charge on any atom is 0.0847 e. The lowest BCUT2D eigenvalue weighted by atomic mass is 9.44. The molecular weight excluding hydrogens is 340 g/mol. The Morgan fingerprint density at radius 1 is 0.857 bits per heavy atom. The lowest BCUT2D eigenvalue weighted by molar-refractivity contribution is -0.110. The Balaban J connectivity index is 1.30. The zero-order valence-electron chi connectivity index (χ0n) is 19.4. The van der Waals surface area contributed by atoms with Gasteiger partial charge in [0.15, 0.2) is 0 Å². The van der Waals surface area contributed by atoms with Gasteiger partial charge in [-0.3, -0.25) is 0 Å². The molecular formula is C27H46O. The van der Waals surface area contributed by atoms with Crippen LogP contribution in [0.2, 0.25) is 0 Å². The van der Waals surface area contributed by atoms with Gasteiger partial charge in [-0.1, -0.05) is 53.9 Å². The highest BCUT2D eigenvalue weighted by molar-refractivity contribution is 5.12. The molecule has 0 spiro atoms. The molecule has 0 bridgehead atoms. The van der Waals surface area contributed by atoms with Crippen molar-refractivity contribution >= 4 is 0 Å². The number of rotatable bonds is 5. The van der Waals surface area contributed by atoms with Crippen LogP contribution in [0, 0.1) is 52.3 Å².